The van der Waals surface area contributed by atoms with E-state index in [2.05, 4.69) is 153 Å². The van der Waals surface area contributed by atoms with Gasteiger partial charge in [-0.25, -0.2) is 0 Å². The van der Waals surface area contributed by atoms with Crippen molar-refractivity contribution in [3.05, 3.63) is 163 Å². The summed E-state index contributed by atoms with van der Waals surface area (Å²) < 4.78 is 0. The number of hydrogen-bond donors (Lipinski definition) is 1. The highest BCUT2D eigenvalue weighted by Crippen LogP contribution is 2.44. The largest absolute Gasteiger partial charge is 0.398 e. The fourth-order valence-corrected chi connectivity index (χ4v) is 6.21. The minimum atomic E-state index is 0.773. The van der Waals surface area contributed by atoms with E-state index in [1.165, 1.54) is 65.7 Å². The summed E-state index contributed by atoms with van der Waals surface area (Å²) in [6, 6.07) is 50.6. The zero-order valence-electron chi connectivity index (χ0n) is 24.3. The Morgan fingerprint density at radius 3 is 1.67 bits per heavy atom. The van der Waals surface area contributed by atoms with E-state index in [9.17, 15) is 0 Å². The Hall–Kier alpha value is -5.40. The van der Waals surface area contributed by atoms with Crippen LogP contribution in [-0.2, 0) is 0 Å². The lowest BCUT2D eigenvalue weighted by atomic mass is 9.85. The molecule has 0 saturated heterocycles. The first-order valence-electron chi connectivity index (χ1n) is 15.0. The second kappa shape index (κ2) is 11.5. The third-order valence-corrected chi connectivity index (χ3v) is 8.32. The molecule has 0 spiro atoms. The molecule has 0 aliphatic heterocycles. The molecule has 1 heteroatoms. The van der Waals surface area contributed by atoms with E-state index in [1.54, 1.807) is 0 Å². The number of fused-ring (bicyclic) bond motifs is 3. The van der Waals surface area contributed by atoms with Gasteiger partial charge in [0.1, 0.15) is 0 Å². The van der Waals surface area contributed by atoms with Crippen LogP contribution in [0.2, 0.25) is 0 Å². The second-order valence-corrected chi connectivity index (χ2v) is 11.0. The van der Waals surface area contributed by atoms with Gasteiger partial charge in [-0.15, -0.1) is 0 Å². The number of hydrogen-bond acceptors (Lipinski definition) is 1. The van der Waals surface area contributed by atoms with Gasteiger partial charge < -0.3 is 5.73 Å². The van der Waals surface area contributed by atoms with E-state index in [1.807, 2.05) is 12.2 Å². The minimum absolute atomic E-state index is 0.773. The van der Waals surface area contributed by atoms with Crippen LogP contribution in [0.5, 0.6) is 0 Å². The van der Waals surface area contributed by atoms with Crippen LogP contribution in [-0.4, -0.2) is 0 Å². The van der Waals surface area contributed by atoms with Gasteiger partial charge in [0.05, 0.1) is 0 Å². The molecule has 0 unspecified atom stereocenters. The van der Waals surface area contributed by atoms with E-state index < -0.39 is 0 Å². The van der Waals surface area contributed by atoms with E-state index >= 15 is 0 Å². The van der Waals surface area contributed by atoms with Crippen LogP contribution in [0.1, 0.15) is 18.9 Å². The molecular formula is C42H33N. The highest BCUT2D eigenvalue weighted by atomic mass is 14.6. The zero-order chi connectivity index (χ0) is 29.2. The van der Waals surface area contributed by atoms with Gasteiger partial charge in [0.2, 0.25) is 0 Å². The lowest BCUT2D eigenvalue weighted by molar-refractivity contribution is 1.22. The van der Waals surface area contributed by atoms with Crippen molar-refractivity contribution in [3.63, 3.8) is 0 Å². The predicted molar refractivity (Wildman–Crippen MR) is 187 cm³/mol. The molecule has 7 rings (SSSR count). The summed E-state index contributed by atoms with van der Waals surface area (Å²) in [7, 11) is 0. The van der Waals surface area contributed by atoms with E-state index in [-0.39, 0.29) is 0 Å². The monoisotopic (exact) mass is 551 g/mol. The molecule has 7 aromatic carbocycles. The average molecular weight is 552 g/mol. The maximum absolute atomic E-state index is 6.32. The molecular weight excluding hydrogens is 518 g/mol. The summed E-state index contributed by atoms with van der Waals surface area (Å²) in [6.07, 6.45) is 7.09. The van der Waals surface area contributed by atoms with Gasteiger partial charge >= 0.3 is 0 Å². The molecule has 0 aromatic heterocycles. The Bertz CT molecular complexity index is 2110. The van der Waals surface area contributed by atoms with Crippen molar-refractivity contribution < 1.29 is 0 Å². The Kier molecular flexibility index (Phi) is 7.07. The summed E-state index contributed by atoms with van der Waals surface area (Å²) >= 11 is 0. The fraction of sp³-hybridized carbons (Fsp3) is 0.0476. The first-order valence-corrected chi connectivity index (χ1v) is 15.0. The second-order valence-electron chi connectivity index (χ2n) is 11.0. The van der Waals surface area contributed by atoms with Gasteiger partial charge in [-0.1, -0.05) is 146 Å². The molecule has 206 valence electrons. The number of allylic oxidation sites excluding steroid dienone is 3. The Morgan fingerprint density at radius 1 is 0.512 bits per heavy atom. The summed E-state index contributed by atoms with van der Waals surface area (Å²) in [5.74, 6) is 0. The molecule has 0 aliphatic carbocycles. The first kappa shape index (κ1) is 26.5. The molecule has 0 aliphatic rings. The number of rotatable bonds is 6. The van der Waals surface area contributed by atoms with Crippen LogP contribution < -0.4 is 5.73 Å². The van der Waals surface area contributed by atoms with Crippen molar-refractivity contribution in [2.75, 3.05) is 0 Å². The lowest BCUT2D eigenvalue weighted by Crippen LogP contribution is -1.95. The van der Waals surface area contributed by atoms with Gasteiger partial charge in [0.25, 0.3) is 0 Å². The molecule has 0 heterocycles. The van der Waals surface area contributed by atoms with E-state index in [0.29, 0.717) is 0 Å². The normalized spacial score (nSPS) is 12.1. The van der Waals surface area contributed by atoms with Gasteiger partial charge in [0, 0.05) is 5.70 Å². The van der Waals surface area contributed by atoms with Crippen molar-refractivity contribution in [2.24, 2.45) is 5.73 Å². The minimum Gasteiger partial charge on any atom is -0.398 e. The highest BCUT2D eigenvalue weighted by Gasteiger charge is 2.17. The summed E-state index contributed by atoms with van der Waals surface area (Å²) in [6.45, 7) is 2.12. The van der Waals surface area contributed by atoms with Crippen LogP contribution in [0, 0.1) is 0 Å². The quantitative estimate of drug-likeness (QED) is 0.161. The third-order valence-electron chi connectivity index (χ3n) is 8.32. The zero-order valence-corrected chi connectivity index (χ0v) is 24.3. The smallest absolute Gasteiger partial charge is 0.0387 e. The SMILES string of the molecule is CC/C=C\C=C(/N)c1ccc(-c2cccc(-c3c4ccccc4c(-c4ccc5ccccc5c4)c4ccccc34)c2)cc1. The molecule has 0 saturated carbocycles. The molecule has 0 fully saturated rings. The maximum atomic E-state index is 6.32. The molecule has 0 bridgehead atoms. The molecule has 0 amide bonds. The summed E-state index contributed by atoms with van der Waals surface area (Å²) in [4.78, 5) is 0. The summed E-state index contributed by atoms with van der Waals surface area (Å²) in [5.41, 5.74) is 15.5. The molecule has 43 heavy (non-hydrogen) atoms. The van der Waals surface area contributed by atoms with Crippen LogP contribution in [0.15, 0.2) is 158 Å². The Morgan fingerprint density at radius 2 is 1.05 bits per heavy atom. The first-order chi connectivity index (χ1) is 21.2. The van der Waals surface area contributed by atoms with Crippen molar-refractivity contribution >= 4 is 38.0 Å². The van der Waals surface area contributed by atoms with Crippen LogP contribution in [0.25, 0.3) is 71.4 Å². The van der Waals surface area contributed by atoms with Crippen LogP contribution in [0.4, 0.5) is 0 Å². The van der Waals surface area contributed by atoms with Crippen LogP contribution >= 0.6 is 0 Å². The van der Waals surface area contributed by atoms with Gasteiger partial charge in [-0.3, -0.25) is 0 Å². The van der Waals surface area contributed by atoms with Crippen molar-refractivity contribution in [3.8, 4) is 33.4 Å². The Labute approximate surface area is 253 Å². The molecule has 2 N–H and O–H groups in total. The van der Waals surface area contributed by atoms with Crippen molar-refractivity contribution in [1.29, 1.82) is 0 Å². The van der Waals surface area contributed by atoms with E-state index in [4.69, 9.17) is 5.73 Å². The van der Waals surface area contributed by atoms with E-state index in [0.717, 1.165) is 17.7 Å². The van der Waals surface area contributed by atoms with Gasteiger partial charge in [0.15, 0.2) is 0 Å². The average Bonchev–Trinajstić information content (AvgIpc) is 3.07. The molecule has 1 nitrogen and oxygen atoms in total. The third kappa shape index (κ3) is 5.00. The lowest BCUT2D eigenvalue weighted by Gasteiger charge is -2.18. The van der Waals surface area contributed by atoms with Gasteiger partial charge in [-0.05, 0) is 95.9 Å². The van der Waals surface area contributed by atoms with Gasteiger partial charge in [-0.2, -0.15) is 0 Å². The fourth-order valence-electron chi connectivity index (χ4n) is 6.21. The maximum Gasteiger partial charge on any atom is 0.0387 e. The molecule has 0 radical (unpaired) electrons. The topological polar surface area (TPSA) is 26.0 Å². The molecule has 7 aromatic rings. The molecule has 0 atom stereocenters. The predicted octanol–water partition coefficient (Wildman–Crippen LogP) is 11.4. The summed E-state index contributed by atoms with van der Waals surface area (Å²) in [5, 5.41) is 7.56. The highest BCUT2D eigenvalue weighted by molar-refractivity contribution is 6.21. The number of benzene rings is 7. The number of nitrogens with two attached hydrogens (primary N) is 1. The Balaban J connectivity index is 1.39. The standard InChI is InChI=1S/C42H33N/c1-2-3-4-20-40(43)31-24-21-30(22-25-31)33-14-11-15-34(27-33)41-36-16-7-9-18-38(36)42(39-19-10-8-17-37(39)41)35-26-23-29-12-5-6-13-32(29)28-35/h3-28H,2,43H2,1H3/b4-3-,40-20-. The van der Waals surface area contributed by atoms with Crippen molar-refractivity contribution in [2.45, 2.75) is 13.3 Å². The van der Waals surface area contributed by atoms with Crippen LogP contribution in [0.3, 0.4) is 0 Å². The van der Waals surface area contributed by atoms with Crippen molar-refractivity contribution in [1.82, 2.24) is 0 Å².